The molecule has 5 nitrogen and oxygen atoms in total. The fourth-order valence-electron chi connectivity index (χ4n) is 3.89. The van der Waals surface area contributed by atoms with Crippen LogP contribution in [0.3, 0.4) is 0 Å². The van der Waals surface area contributed by atoms with Crippen LogP contribution in [0.2, 0.25) is 0 Å². The molecule has 0 radical (unpaired) electrons. The summed E-state index contributed by atoms with van der Waals surface area (Å²) < 4.78 is 0. The number of benzene rings is 2. The molecule has 0 aliphatic heterocycles. The summed E-state index contributed by atoms with van der Waals surface area (Å²) in [7, 11) is 0. The first-order valence-electron chi connectivity index (χ1n) is 10.2. The minimum absolute atomic E-state index is 0.00866. The number of amides is 2. The maximum absolute atomic E-state index is 12.7. The van der Waals surface area contributed by atoms with E-state index >= 15 is 0 Å². The van der Waals surface area contributed by atoms with Gasteiger partial charge in [0.25, 0.3) is 0 Å². The molecule has 0 unspecified atom stereocenters. The van der Waals surface area contributed by atoms with Crippen molar-refractivity contribution in [3.8, 4) is 0 Å². The predicted octanol–water partition coefficient (Wildman–Crippen LogP) is 2.94. The Morgan fingerprint density at radius 3 is 2.43 bits per heavy atom. The topological polar surface area (TPSA) is 78.4 Å². The lowest BCUT2D eigenvalue weighted by atomic mass is 9.92. The average Bonchev–Trinajstić information content (AvgIpc) is 2.68. The summed E-state index contributed by atoms with van der Waals surface area (Å²) in [6, 6.07) is 13.5. The lowest BCUT2D eigenvalue weighted by Gasteiger charge is -2.29. The fraction of sp³-hybridized carbons (Fsp3) is 0.478. The van der Waals surface area contributed by atoms with Gasteiger partial charge >= 0.3 is 0 Å². The highest BCUT2D eigenvalue weighted by Crippen LogP contribution is 2.20. The van der Waals surface area contributed by atoms with Gasteiger partial charge in [-0.25, -0.2) is 0 Å². The number of nitrogens with one attached hydrogen (secondary N) is 2. The molecule has 0 heterocycles. The molecule has 3 rings (SSSR count). The van der Waals surface area contributed by atoms with Crippen LogP contribution in [0.4, 0.5) is 0 Å². The van der Waals surface area contributed by atoms with Crippen molar-refractivity contribution in [2.75, 3.05) is 0 Å². The molecule has 1 fully saturated rings. The van der Waals surface area contributed by atoms with E-state index in [9.17, 15) is 14.7 Å². The van der Waals surface area contributed by atoms with Gasteiger partial charge < -0.3 is 15.7 Å². The summed E-state index contributed by atoms with van der Waals surface area (Å²) in [5.74, 6) is -0.294. The Morgan fingerprint density at radius 1 is 1.04 bits per heavy atom. The maximum Gasteiger partial charge on any atom is 0.243 e. The minimum Gasteiger partial charge on any atom is -0.393 e. The number of aliphatic hydroxyl groups is 1. The zero-order valence-electron chi connectivity index (χ0n) is 16.7. The molecular weight excluding hydrogens is 352 g/mol. The maximum atomic E-state index is 12.7. The third-order valence-electron chi connectivity index (χ3n) is 5.54. The van der Waals surface area contributed by atoms with Gasteiger partial charge in [0.2, 0.25) is 11.8 Å². The molecular formula is C23H30N2O3. The van der Waals surface area contributed by atoms with Crippen LogP contribution in [0.15, 0.2) is 42.5 Å². The molecule has 5 heteroatoms. The summed E-state index contributed by atoms with van der Waals surface area (Å²) in [5.41, 5.74) is 0.958. The Morgan fingerprint density at radius 2 is 1.71 bits per heavy atom. The van der Waals surface area contributed by atoms with E-state index in [-0.39, 0.29) is 36.3 Å². The van der Waals surface area contributed by atoms with Crippen LogP contribution >= 0.6 is 0 Å². The van der Waals surface area contributed by atoms with Crippen molar-refractivity contribution in [1.29, 1.82) is 0 Å². The van der Waals surface area contributed by atoms with Crippen molar-refractivity contribution >= 4 is 22.6 Å². The summed E-state index contributed by atoms with van der Waals surface area (Å²) in [5, 5.41) is 17.8. The number of hydrogen-bond acceptors (Lipinski definition) is 3. The summed E-state index contributed by atoms with van der Waals surface area (Å²) in [4.78, 5) is 25.4. The number of hydrogen-bond donors (Lipinski definition) is 3. The monoisotopic (exact) mass is 382 g/mol. The van der Waals surface area contributed by atoms with Gasteiger partial charge in [-0.2, -0.15) is 0 Å². The second-order valence-electron chi connectivity index (χ2n) is 8.12. The quantitative estimate of drug-likeness (QED) is 0.719. The fourth-order valence-corrected chi connectivity index (χ4v) is 3.89. The van der Waals surface area contributed by atoms with E-state index < -0.39 is 6.04 Å². The minimum atomic E-state index is -0.561. The van der Waals surface area contributed by atoms with Crippen molar-refractivity contribution in [2.24, 2.45) is 5.92 Å². The molecule has 1 aliphatic carbocycles. The van der Waals surface area contributed by atoms with Crippen LogP contribution < -0.4 is 10.6 Å². The highest BCUT2D eigenvalue weighted by atomic mass is 16.3. The first kappa shape index (κ1) is 20.3. The number of rotatable bonds is 6. The molecule has 0 spiro atoms. The predicted molar refractivity (Wildman–Crippen MR) is 111 cm³/mol. The van der Waals surface area contributed by atoms with Crippen molar-refractivity contribution in [3.63, 3.8) is 0 Å². The van der Waals surface area contributed by atoms with E-state index in [4.69, 9.17) is 0 Å². The summed E-state index contributed by atoms with van der Waals surface area (Å²) in [6.45, 7) is 3.88. The SMILES string of the molecule is CC(C)[C@@H](NC(=O)Cc1cccc2ccccc12)C(=O)NC1CCC(O)CC1. The Kier molecular flexibility index (Phi) is 6.68. The third kappa shape index (κ3) is 5.10. The van der Waals surface area contributed by atoms with Crippen molar-refractivity contribution < 1.29 is 14.7 Å². The van der Waals surface area contributed by atoms with E-state index in [0.29, 0.717) is 12.8 Å². The largest absolute Gasteiger partial charge is 0.393 e. The van der Waals surface area contributed by atoms with Gasteiger partial charge in [-0.15, -0.1) is 0 Å². The Hall–Kier alpha value is -2.40. The van der Waals surface area contributed by atoms with Crippen molar-refractivity contribution in [2.45, 2.75) is 64.1 Å². The Balaban J connectivity index is 1.63. The van der Waals surface area contributed by atoms with E-state index in [2.05, 4.69) is 10.6 Å². The van der Waals surface area contributed by atoms with Gasteiger partial charge in [0, 0.05) is 6.04 Å². The number of fused-ring (bicyclic) bond motifs is 1. The van der Waals surface area contributed by atoms with Crippen molar-refractivity contribution in [3.05, 3.63) is 48.0 Å². The van der Waals surface area contributed by atoms with E-state index in [1.165, 1.54) is 0 Å². The second-order valence-corrected chi connectivity index (χ2v) is 8.12. The van der Waals surface area contributed by atoms with Crippen LogP contribution in [-0.4, -0.2) is 35.1 Å². The van der Waals surface area contributed by atoms with Crippen LogP contribution in [0, 0.1) is 5.92 Å². The van der Waals surface area contributed by atoms with Crippen molar-refractivity contribution in [1.82, 2.24) is 10.6 Å². The average molecular weight is 383 g/mol. The van der Waals surface area contributed by atoms with Gasteiger partial charge in [0.15, 0.2) is 0 Å². The highest BCUT2D eigenvalue weighted by molar-refractivity contribution is 5.92. The lowest BCUT2D eigenvalue weighted by molar-refractivity contribution is -0.130. The second kappa shape index (κ2) is 9.20. The first-order valence-corrected chi connectivity index (χ1v) is 10.2. The van der Waals surface area contributed by atoms with Gasteiger partial charge in [-0.3, -0.25) is 9.59 Å². The molecule has 0 bridgehead atoms. The Bertz CT molecular complexity index is 820. The third-order valence-corrected chi connectivity index (χ3v) is 5.54. The Labute approximate surface area is 166 Å². The van der Waals surface area contributed by atoms with E-state index in [1.54, 1.807) is 0 Å². The molecule has 2 aromatic rings. The van der Waals surface area contributed by atoms with Crippen LogP contribution in [0.1, 0.15) is 45.1 Å². The van der Waals surface area contributed by atoms with E-state index in [0.717, 1.165) is 29.2 Å². The van der Waals surface area contributed by atoms with Gasteiger partial charge in [0.1, 0.15) is 6.04 Å². The summed E-state index contributed by atoms with van der Waals surface area (Å²) in [6.07, 6.45) is 2.97. The smallest absolute Gasteiger partial charge is 0.243 e. The molecule has 1 saturated carbocycles. The molecule has 150 valence electrons. The van der Waals surface area contributed by atoms with Crippen LogP contribution in [0.25, 0.3) is 10.8 Å². The van der Waals surface area contributed by atoms with Gasteiger partial charge in [0.05, 0.1) is 12.5 Å². The molecule has 2 aromatic carbocycles. The van der Waals surface area contributed by atoms with Crippen LogP contribution in [-0.2, 0) is 16.0 Å². The molecule has 1 aliphatic rings. The van der Waals surface area contributed by atoms with Crippen LogP contribution in [0.5, 0.6) is 0 Å². The zero-order chi connectivity index (χ0) is 20.1. The molecule has 28 heavy (non-hydrogen) atoms. The molecule has 1 atom stereocenters. The number of aliphatic hydroxyl groups excluding tert-OH is 1. The number of carbonyl (C=O) groups excluding carboxylic acids is 2. The van der Waals surface area contributed by atoms with E-state index in [1.807, 2.05) is 56.3 Å². The zero-order valence-corrected chi connectivity index (χ0v) is 16.7. The van der Waals surface area contributed by atoms with Gasteiger partial charge in [-0.1, -0.05) is 56.3 Å². The summed E-state index contributed by atoms with van der Waals surface area (Å²) >= 11 is 0. The normalized spacial score (nSPS) is 20.7. The van der Waals surface area contributed by atoms with Gasteiger partial charge in [-0.05, 0) is 47.9 Å². The molecule has 0 saturated heterocycles. The molecule has 3 N–H and O–H groups in total. The molecule has 2 amide bonds. The molecule has 0 aromatic heterocycles. The lowest BCUT2D eigenvalue weighted by Crippen LogP contribution is -2.53. The first-order chi connectivity index (χ1) is 13.4. The highest BCUT2D eigenvalue weighted by Gasteiger charge is 2.28. The number of carbonyl (C=O) groups is 2. The standard InChI is InChI=1S/C23H30N2O3/c1-15(2)22(23(28)24-18-10-12-19(26)13-11-18)25-21(27)14-17-8-5-7-16-6-3-4-9-20(16)17/h3-9,15,18-19,22,26H,10-14H2,1-2H3,(H,24,28)(H,25,27)/t18?,19?,22-/m1/s1.